The van der Waals surface area contributed by atoms with Crippen molar-refractivity contribution in [2.24, 2.45) is 0 Å². The molecule has 0 saturated heterocycles. The van der Waals surface area contributed by atoms with Crippen molar-refractivity contribution in [3.63, 3.8) is 0 Å². The van der Waals surface area contributed by atoms with Gasteiger partial charge in [-0.1, -0.05) is 35.9 Å². The molecule has 0 bridgehead atoms. The largest absolute Gasteiger partial charge is 0.508 e. The number of carbonyl (C=O) groups is 2. The summed E-state index contributed by atoms with van der Waals surface area (Å²) in [5.74, 6) is -2.51. The highest BCUT2D eigenvalue weighted by molar-refractivity contribution is 6.31. The van der Waals surface area contributed by atoms with E-state index < -0.39 is 30.1 Å². The van der Waals surface area contributed by atoms with Crippen LogP contribution in [0, 0.1) is 0 Å². The standard InChI is InChI=1S/C20H18ClN3O7/c21-14-5-13(6-15(25)7-14)12-3-1-11(2-4-12)9-24(10-16(26)20(29)30)22-19(28)17-8-18(27)23-31-17/h1-8,16,25-26H,9-10H2,(H,22,28)(H,23,27)(H,29,30). The van der Waals surface area contributed by atoms with Crippen LogP contribution < -0.4 is 11.0 Å². The fraction of sp³-hybridized carbons (Fsp3) is 0.150. The fourth-order valence-corrected chi connectivity index (χ4v) is 3.02. The molecule has 3 aromatic rings. The minimum atomic E-state index is -1.76. The normalized spacial score (nSPS) is 12.0. The second-order valence-corrected chi connectivity index (χ2v) is 7.08. The molecule has 1 atom stereocenters. The number of benzene rings is 2. The van der Waals surface area contributed by atoms with E-state index in [9.17, 15) is 24.6 Å². The number of aromatic nitrogens is 1. The third-order valence-corrected chi connectivity index (χ3v) is 4.45. The van der Waals surface area contributed by atoms with Gasteiger partial charge in [-0.3, -0.25) is 15.0 Å². The topological polar surface area (TPSA) is 156 Å². The van der Waals surface area contributed by atoms with Gasteiger partial charge in [-0.15, -0.1) is 0 Å². The highest BCUT2D eigenvalue weighted by atomic mass is 35.5. The molecular weight excluding hydrogens is 430 g/mol. The van der Waals surface area contributed by atoms with Gasteiger partial charge in [0.1, 0.15) is 5.75 Å². The van der Waals surface area contributed by atoms with Crippen LogP contribution in [0.4, 0.5) is 0 Å². The molecule has 11 heteroatoms. The number of phenolic OH excluding ortho intramolecular Hbond substituents is 1. The number of carbonyl (C=O) groups excluding carboxylic acids is 1. The van der Waals surface area contributed by atoms with Crippen LogP contribution in [0.1, 0.15) is 16.1 Å². The van der Waals surface area contributed by atoms with Crippen LogP contribution in [-0.2, 0) is 11.3 Å². The maximum atomic E-state index is 12.2. The first-order valence-corrected chi connectivity index (χ1v) is 9.33. The van der Waals surface area contributed by atoms with Crippen LogP contribution in [0.5, 0.6) is 5.75 Å². The average Bonchev–Trinajstić information content (AvgIpc) is 3.14. The van der Waals surface area contributed by atoms with Crippen molar-refractivity contribution in [1.82, 2.24) is 15.6 Å². The van der Waals surface area contributed by atoms with Crippen molar-refractivity contribution in [3.8, 4) is 16.9 Å². The summed E-state index contributed by atoms with van der Waals surface area (Å²) in [6, 6.07) is 12.6. The Balaban J connectivity index is 1.77. The molecule has 0 aliphatic rings. The summed E-state index contributed by atoms with van der Waals surface area (Å²) in [5.41, 5.74) is 3.96. The number of hydrogen-bond acceptors (Lipinski definition) is 7. The molecule has 1 aromatic heterocycles. The van der Waals surface area contributed by atoms with Crippen molar-refractivity contribution in [1.29, 1.82) is 0 Å². The summed E-state index contributed by atoms with van der Waals surface area (Å²) < 4.78 is 4.73. The molecule has 2 aromatic carbocycles. The van der Waals surface area contributed by atoms with Gasteiger partial charge in [0.15, 0.2) is 6.10 Å². The number of hydrogen-bond donors (Lipinski definition) is 5. The van der Waals surface area contributed by atoms with Gasteiger partial charge in [0.05, 0.1) is 12.6 Å². The zero-order valence-corrected chi connectivity index (χ0v) is 16.7. The predicted octanol–water partition coefficient (Wildman–Crippen LogP) is 1.59. The third-order valence-electron chi connectivity index (χ3n) is 4.23. The Kier molecular flexibility index (Phi) is 6.75. The van der Waals surface area contributed by atoms with Gasteiger partial charge in [-0.25, -0.2) is 9.80 Å². The molecule has 10 nitrogen and oxygen atoms in total. The zero-order chi connectivity index (χ0) is 22.5. The van der Waals surface area contributed by atoms with Gasteiger partial charge in [0.2, 0.25) is 5.76 Å². The van der Waals surface area contributed by atoms with E-state index in [4.69, 9.17) is 21.2 Å². The molecule has 3 rings (SSSR count). The highest BCUT2D eigenvalue weighted by Crippen LogP contribution is 2.28. The maximum Gasteiger partial charge on any atom is 0.333 e. The third kappa shape index (κ3) is 5.95. The molecular formula is C20H18ClN3O7. The van der Waals surface area contributed by atoms with E-state index in [1.165, 1.54) is 11.1 Å². The lowest BCUT2D eigenvalue weighted by atomic mass is 10.0. The lowest BCUT2D eigenvalue weighted by molar-refractivity contribution is -0.148. The van der Waals surface area contributed by atoms with Crippen LogP contribution in [-0.4, -0.2) is 50.0 Å². The number of amides is 1. The van der Waals surface area contributed by atoms with E-state index >= 15 is 0 Å². The van der Waals surface area contributed by atoms with Gasteiger partial charge in [-0.05, 0) is 34.9 Å². The summed E-state index contributed by atoms with van der Waals surface area (Å²) in [4.78, 5) is 34.4. The van der Waals surface area contributed by atoms with Crippen LogP contribution in [0.25, 0.3) is 11.1 Å². The maximum absolute atomic E-state index is 12.2. The van der Waals surface area contributed by atoms with Gasteiger partial charge < -0.3 is 19.8 Å². The smallest absolute Gasteiger partial charge is 0.333 e. The fourth-order valence-electron chi connectivity index (χ4n) is 2.79. The molecule has 0 aliphatic carbocycles. The number of aromatic amines is 1. The Hall–Kier alpha value is -3.60. The summed E-state index contributed by atoms with van der Waals surface area (Å²) in [5, 5.41) is 31.9. The van der Waals surface area contributed by atoms with Crippen LogP contribution in [0.3, 0.4) is 0 Å². The van der Waals surface area contributed by atoms with E-state index in [0.29, 0.717) is 16.1 Å². The van der Waals surface area contributed by atoms with Gasteiger partial charge in [0.25, 0.3) is 5.56 Å². The lowest BCUT2D eigenvalue weighted by Gasteiger charge is -2.24. The number of phenols is 1. The zero-order valence-electron chi connectivity index (χ0n) is 15.9. The van der Waals surface area contributed by atoms with Crippen LogP contribution >= 0.6 is 11.6 Å². The quantitative estimate of drug-likeness (QED) is 0.326. The number of H-pyrrole nitrogens is 1. The number of carboxylic acids is 1. The Morgan fingerprint density at radius 3 is 2.42 bits per heavy atom. The Labute approximate surface area is 180 Å². The average molecular weight is 448 g/mol. The Morgan fingerprint density at radius 2 is 1.84 bits per heavy atom. The van der Waals surface area contributed by atoms with E-state index in [1.54, 1.807) is 36.4 Å². The first kappa shape index (κ1) is 22.1. The van der Waals surface area contributed by atoms with E-state index in [-0.39, 0.29) is 18.1 Å². The summed E-state index contributed by atoms with van der Waals surface area (Å²) >= 11 is 5.97. The molecule has 1 heterocycles. The van der Waals surface area contributed by atoms with Crippen molar-refractivity contribution >= 4 is 23.5 Å². The van der Waals surface area contributed by atoms with E-state index in [2.05, 4.69) is 5.43 Å². The monoisotopic (exact) mass is 447 g/mol. The van der Waals surface area contributed by atoms with Crippen molar-refractivity contribution in [3.05, 3.63) is 75.2 Å². The number of halogens is 1. The molecule has 1 unspecified atom stereocenters. The van der Waals surface area contributed by atoms with Crippen molar-refractivity contribution < 1.29 is 29.4 Å². The highest BCUT2D eigenvalue weighted by Gasteiger charge is 2.22. The number of aliphatic hydroxyl groups excluding tert-OH is 1. The van der Waals surface area contributed by atoms with Crippen molar-refractivity contribution in [2.75, 3.05) is 6.54 Å². The van der Waals surface area contributed by atoms with E-state index in [1.807, 2.05) is 5.16 Å². The summed E-state index contributed by atoms with van der Waals surface area (Å²) in [7, 11) is 0. The van der Waals surface area contributed by atoms with E-state index in [0.717, 1.165) is 11.6 Å². The second-order valence-electron chi connectivity index (χ2n) is 6.65. The SMILES string of the molecule is O=C(NN(Cc1ccc(-c2cc(O)cc(Cl)c2)cc1)CC(O)C(=O)O)c1cc(=O)[nH]o1. The van der Waals surface area contributed by atoms with Crippen molar-refractivity contribution in [2.45, 2.75) is 12.6 Å². The second kappa shape index (κ2) is 9.47. The summed E-state index contributed by atoms with van der Waals surface area (Å²) in [6.07, 6.45) is -1.76. The number of carboxylic acid groups (broad SMARTS) is 1. The van der Waals surface area contributed by atoms with Crippen LogP contribution in [0.2, 0.25) is 5.02 Å². The summed E-state index contributed by atoms with van der Waals surface area (Å²) in [6.45, 7) is -0.370. The predicted molar refractivity (Wildman–Crippen MR) is 109 cm³/mol. The first-order valence-electron chi connectivity index (χ1n) is 8.95. The van der Waals surface area contributed by atoms with Gasteiger partial charge >= 0.3 is 11.9 Å². The molecule has 162 valence electrons. The molecule has 0 saturated carbocycles. The number of nitrogens with one attached hydrogen (secondary N) is 2. The lowest BCUT2D eigenvalue weighted by Crippen LogP contribution is -2.47. The number of rotatable bonds is 8. The molecule has 1 amide bonds. The number of hydrazine groups is 1. The minimum absolute atomic E-state index is 0.0273. The number of aliphatic hydroxyl groups is 1. The molecule has 0 aliphatic heterocycles. The molecule has 0 spiro atoms. The minimum Gasteiger partial charge on any atom is -0.508 e. The first-order chi connectivity index (χ1) is 14.7. The Bertz CT molecular complexity index is 1120. The number of aliphatic carboxylic acids is 1. The molecule has 5 N–H and O–H groups in total. The number of aromatic hydroxyl groups is 1. The van der Waals surface area contributed by atoms with Gasteiger partial charge in [0, 0.05) is 11.6 Å². The number of nitrogens with zero attached hydrogens (tertiary/aromatic N) is 1. The molecule has 31 heavy (non-hydrogen) atoms. The van der Waals surface area contributed by atoms with Gasteiger partial charge in [-0.2, -0.15) is 5.16 Å². The molecule has 0 radical (unpaired) electrons. The molecule has 0 fully saturated rings. The Morgan fingerprint density at radius 1 is 1.13 bits per heavy atom. The van der Waals surface area contributed by atoms with Crippen LogP contribution in [0.15, 0.2) is 57.8 Å².